The van der Waals surface area contributed by atoms with Crippen molar-refractivity contribution in [1.82, 2.24) is 0 Å². The van der Waals surface area contributed by atoms with Crippen LogP contribution in [0.5, 0.6) is 0 Å². The van der Waals surface area contributed by atoms with Crippen LogP contribution in [0.3, 0.4) is 0 Å². The molecule has 0 spiro atoms. The lowest BCUT2D eigenvalue weighted by Gasteiger charge is -2.72. The SMILES string of the molecule is C=C(C)C1CCC2(C(=O)OC)CCC3(C(=O)OC)C(CCC4C5(C)CC[C@H](O)C(C)(C)C5CCC43C)C12. The molecule has 9 unspecified atom stereocenters. The zero-order valence-corrected chi connectivity index (χ0v) is 24.3. The van der Waals surface area contributed by atoms with E-state index in [1.807, 2.05) is 0 Å². The van der Waals surface area contributed by atoms with Crippen LogP contribution in [-0.2, 0) is 19.1 Å². The maximum atomic E-state index is 14.2. The van der Waals surface area contributed by atoms with E-state index in [-0.39, 0.29) is 52.0 Å². The number of hydrogen-bond acceptors (Lipinski definition) is 5. The van der Waals surface area contributed by atoms with Crippen LogP contribution in [0.1, 0.15) is 98.8 Å². The van der Waals surface area contributed by atoms with Gasteiger partial charge in [0.05, 0.1) is 31.2 Å². The first-order valence-corrected chi connectivity index (χ1v) is 14.8. The monoisotopic (exact) mass is 514 g/mol. The van der Waals surface area contributed by atoms with Gasteiger partial charge in [0.1, 0.15) is 0 Å². The summed E-state index contributed by atoms with van der Waals surface area (Å²) < 4.78 is 11.2. The third kappa shape index (κ3) is 3.19. The van der Waals surface area contributed by atoms with Crippen molar-refractivity contribution in [2.45, 2.75) is 105 Å². The highest BCUT2D eigenvalue weighted by atomic mass is 16.5. The highest BCUT2D eigenvalue weighted by Crippen LogP contribution is 2.78. The van der Waals surface area contributed by atoms with E-state index in [1.54, 1.807) is 7.11 Å². The lowest BCUT2D eigenvalue weighted by molar-refractivity contribution is -0.256. The maximum Gasteiger partial charge on any atom is 0.312 e. The summed E-state index contributed by atoms with van der Waals surface area (Å²) in [4.78, 5) is 27.7. The van der Waals surface area contributed by atoms with Crippen LogP contribution in [0.15, 0.2) is 12.2 Å². The number of hydrogen-bond donors (Lipinski definition) is 1. The summed E-state index contributed by atoms with van der Waals surface area (Å²) in [5.74, 6) is 1.04. The minimum absolute atomic E-state index is 0.0623. The van der Waals surface area contributed by atoms with Gasteiger partial charge in [-0.25, -0.2) is 0 Å². The average Bonchev–Trinajstić information content (AvgIpc) is 3.26. The van der Waals surface area contributed by atoms with E-state index >= 15 is 0 Å². The number of carbonyl (C=O) groups excluding carboxylic acids is 2. The number of allylic oxidation sites excluding steroid dienone is 1. The van der Waals surface area contributed by atoms with Gasteiger partial charge in [-0.15, -0.1) is 0 Å². The number of rotatable bonds is 3. The third-order valence-corrected chi connectivity index (χ3v) is 13.6. The van der Waals surface area contributed by atoms with Gasteiger partial charge in [0.25, 0.3) is 0 Å². The van der Waals surface area contributed by atoms with Gasteiger partial charge in [-0.3, -0.25) is 9.59 Å². The minimum atomic E-state index is -0.612. The van der Waals surface area contributed by atoms with Gasteiger partial charge in [-0.2, -0.15) is 0 Å². The quantitative estimate of drug-likeness (QED) is 0.352. The summed E-state index contributed by atoms with van der Waals surface area (Å²) in [6, 6.07) is 0. The highest BCUT2D eigenvalue weighted by molar-refractivity contribution is 5.82. The molecule has 10 atom stereocenters. The second-order valence-electron chi connectivity index (χ2n) is 14.8. The van der Waals surface area contributed by atoms with E-state index in [1.165, 1.54) is 7.11 Å². The first-order valence-electron chi connectivity index (χ1n) is 14.8. The molecule has 208 valence electrons. The first kappa shape index (κ1) is 27.2. The van der Waals surface area contributed by atoms with Gasteiger partial charge in [0.2, 0.25) is 0 Å². The van der Waals surface area contributed by atoms with Gasteiger partial charge in [0, 0.05) is 0 Å². The number of esters is 2. The molecule has 0 aromatic carbocycles. The topological polar surface area (TPSA) is 72.8 Å². The van der Waals surface area contributed by atoms with Crippen molar-refractivity contribution in [1.29, 1.82) is 0 Å². The van der Waals surface area contributed by atoms with Crippen molar-refractivity contribution in [3.05, 3.63) is 12.2 Å². The van der Waals surface area contributed by atoms with Crippen molar-refractivity contribution in [3.63, 3.8) is 0 Å². The minimum Gasteiger partial charge on any atom is -0.469 e. The number of ether oxygens (including phenoxy) is 2. The van der Waals surface area contributed by atoms with Crippen molar-refractivity contribution in [2.24, 2.45) is 56.7 Å². The third-order valence-electron chi connectivity index (χ3n) is 13.6. The molecule has 0 saturated heterocycles. The second-order valence-corrected chi connectivity index (χ2v) is 14.8. The predicted octanol–water partition coefficient (Wildman–Crippen LogP) is 6.33. The first-order chi connectivity index (χ1) is 17.3. The van der Waals surface area contributed by atoms with Crippen LogP contribution >= 0.6 is 0 Å². The smallest absolute Gasteiger partial charge is 0.312 e. The van der Waals surface area contributed by atoms with E-state index < -0.39 is 10.8 Å². The molecule has 5 rings (SSSR count). The Morgan fingerprint density at radius 2 is 1.49 bits per heavy atom. The number of fused-ring (bicyclic) bond motifs is 7. The summed E-state index contributed by atoms with van der Waals surface area (Å²) in [5.41, 5.74) is -0.283. The molecular weight excluding hydrogens is 464 g/mol. The van der Waals surface area contributed by atoms with E-state index in [0.29, 0.717) is 24.7 Å². The fourth-order valence-corrected chi connectivity index (χ4v) is 12.0. The fraction of sp³-hybridized carbons (Fsp3) is 0.875. The van der Waals surface area contributed by atoms with Gasteiger partial charge in [-0.05, 0) is 117 Å². The molecular formula is C32H50O5. The number of carbonyl (C=O) groups is 2. The summed E-state index contributed by atoms with van der Waals surface area (Å²) in [7, 11) is 3.07. The average molecular weight is 515 g/mol. The molecule has 5 nitrogen and oxygen atoms in total. The number of aliphatic hydroxyl groups excluding tert-OH is 1. The van der Waals surface area contributed by atoms with Crippen LogP contribution in [0.4, 0.5) is 0 Å². The molecule has 0 bridgehead atoms. The molecule has 0 aromatic rings. The fourth-order valence-electron chi connectivity index (χ4n) is 12.0. The van der Waals surface area contributed by atoms with Crippen LogP contribution < -0.4 is 0 Å². The summed E-state index contributed by atoms with van der Waals surface area (Å²) in [6.45, 7) is 15.8. The Morgan fingerprint density at radius 3 is 2.11 bits per heavy atom. The van der Waals surface area contributed by atoms with Crippen molar-refractivity contribution < 1.29 is 24.2 Å². The zero-order valence-electron chi connectivity index (χ0n) is 24.3. The second kappa shape index (κ2) is 8.57. The van der Waals surface area contributed by atoms with Crippen LogP contribution in [0.2, 0.25) is 0 Å². The van der Waals surface area contributed by atoms with Crippen LogP contribution in [0.25, 0.3) is 0 Å². The summed E-state index contributed by atoms with van der Waals surface area (Å²) in [5, 5.41) is 11.0. The van der Waals surface area contributed by atoms with Gasteiger partial charge < -0.3 is 14.6 Å². The Balaban J connectivity index is 1.65. The number of aliphatic hydroxyl groups is 1. The molecule has 0 radical (unpaired) electrons. The summed E-state index contributed by atoms with van der Waals surface area (Å²) in [6.07, 6.45) is 8.70. The predicted molar refractivity (Wildman–Crippen MR) is 143 cm³/mol. The molecule has 1 N–H and O–H groups in total. The Bertz CT molecular complexity index is 986. The Hall–Kier alpha value is -1.36. The van der Waals surface area contributed by atoms with Crippen LogP contribution in [0, 0.1) is 56.7 Å². The molecule has 5 fully saturated rings. The maximum absolute atomic E-state index is 14.2. The largest absolute Gasteiger partial charge is 0.469 e. The molecule has 0 aliphatic heterocycles. The van der Waals surface area contributed by atoms with Gasteiger partial charge in [-0.1, -0.05) is 39.8 Å². The van der Waals surface area contributed by atoms with E-state index in [4.69, 9.17) is 9.47 Å². The lowest BCUT2D eigenvalue weighted by Crippen LogP contribution is -2.70. The van der Waals surface area contributed by atoms with E-state index in [2.05, 4.69) is 41.2 Å². The Labute approximate surface area is 224 Å². The Kier molecular flexibility index (Phi) is 6.30. The van der Waals surface area contributed by atoms with E-state index in [0.717, 1.165) is 56.9 Å². The normalized spacial score (nSPS) is 50.1. The van der Waals surface area contributed by atoms with Crippen LogP contribution in [-0.4, -0.2) is 37.4 Å². The van der Waals surface area contributed by atoms with Crippen molar-refractivity contribution in [2.75, 3.05) is 14.2 Å². The highest BCUT2D eigenvalue weighted by Gasteiger charge is 2.76. The Morgan fingerprint density at radius 1 is 0.811 bits per heavy atom. The summed E-state index contributed by atoms with van der Waals surface area (Å²) >= 11 is 0. The molecule has 5 saturated carbocycles. The number of methoxy groups -OCH3 is 2. The molecule has 0 aromatic heterocycles. The molecule has 0 heterocycles. The molecule has 5 aliphatic rings. The van der Waals surface area contributed by atoms with Crippen molar-refractivity contribution >= 4 is 11.9 Å². The zero-order chi connectivity index (χ0) is 27.2. The molecule has 5 heteroatoms. The molecule has 37 heavy (non-hydrogen) atoms. The standard InChI is InChI=1S/C32H50O5/c1-19(2)20-11-16-31(26(34)36-7)17-18-32(27(35)37-8)21(25(20)31)9-10-23-29(5)14-13-24(33)28(3,4)22(29)12-15-30(23,32)6/h20-25,33H,1,9-18H2,2-8H3/t20?,21?,22?,23?,24-,25?,29?,30?,31?,32?/m0/s1. The van der Waals surface area contributed by atoms with Gasteiger partial charge in [0.15, 0.2) is 0 Å². The molecule has 5 aliphatic carbocycles. The molecule has 0 amide bonds. The lowest BCUT2D eigenvalue weighted by atomic mass is 9.32. The van der Waals surface area contributed by atoms with Gasteiger partial charge >= 0.3 is 11.9 Å². The van der Waals surface area contributed by atoms with E-state index in [9.17, 15) is 14.7 Å². The van der Waals surface area contributed by atoms with Crippen molar-refractivity contribution in [3.8, 4) is 0 Å².